The first-order valence-electron chi connectivity index (χ1n) is 1.65. The van der Waals surface area contributed by atoms with E-state index in [1.165, 1.54) is 0 Å². The second-order valence-electron chi connectivity index (χ2n) is 0.934. The number of hydrogen-bond acceptors (Lipinski definition) is 2. The zero-order chi connectivity index (χ0) is 3.54. The Morgan fingerprint density at radius 1 is 1.00 bits per heavy atom. The van der Waals surface area contributed by atoms with Crippen molar-refractivity contribution in [2.24, 2.45) is 0 Å². The zero-order valence-corrected chi connectivity index (χ0v) is 7.33. The van der Waals surface area contributed by atoms with E-state index < -0.39 is 0 Å². The molecule has 0 N–H and O–H groups in total. The standard InChI is InChI=1S/C3H6O2.Pb/c1-2-5-3-4-1;/h1-3H2;. The topological polar surface area (TPSA) is 18.5 Å². The van der Waals surface area contributed by atoms with Crippen molar-refractivity contribution in [3.05, 3.63) is 0 Å². The first kappa shape index (κ1) is 6.84. The Kier molecular flexibility index (Phi) is 4.58. The van der Waals surface area contributed by atoms with Crippen LogP contribution in [0.5, 0.6) is 0 Å². The van der Waals surface area contributed by atoms with Gasteiger partial charge in [-0.3, -0.25) is 0 Å². The van der Waals surface area contributed by atoms with Crippen molar-refractivity contribution in [2.75, 3.05) is 20.0 Å². The van der Waals surface area contributed by atoms with Crippen LogP contribution in [-0.4, -0.2) is 47.3 Å². The molecule has 3 heteroatoms. The summed E-state index contributed by atoms with van der Waals surface area (Å²) in [5.41, 5.74) is 0. The van der Waals surface area contributed by atoms with E-state index >= 15 is 0 Å². The van der Waals surface area contributed by atoms with Crippen molar-refractivity contribution in [1.82, 2.24) is 0 Å². The minimum absolute atomic E-state index is 0. The van der Waals surface area contributed by atoms with Crippen molar-refractivity contribution in [1.29, 1.82) is 0 Å². The van der Waals surface area contributed by atoms with E-state index in [2.05, 4.69) is 0 Å². The number of hydrogen-bond donors (Lipinski definition) is 0. The molecule has 1 fully saturated rings. The molecule has 0 saturated carbocycles. The Bertz CT molecular complexity index is 20.4. The van der Waals surface area contributed by atoms with E-state index in [9.17, 15) is 0 Å². The predicted octanol–water partition coefficient (Wildman–Crippen LogP) is -0.390. The van der Waals surface area contributed by atoms with Crippen molar-refractivity contribution >= 4 is 27.3 Å². The molecule has 4 radical (unpaired) electrons. The molecule has 0 unspecified atom stereocenters. The van der Waals surface area contributed by atoms with Gasteiger partial charge in [0.1, 0.15) is 6.79 Å². The fourth-order valence-electron chi connectivity index (χ4n) is 0.295. The van der Waals surface area contributed by atoms with Crippen LogP contribution in [0.25, 0.3) is 0 Å². The zero-order valence-electron chi connectivity index (χ0n) is 3.44. The van der Waals surface area contributed by atoms with Gasteiger partial charge in [-0.05, 0) is 0 Å². The smallest absolute Gasteiger partial charge is 0.146 e. The minimum atomic E-state index is 0. The van der Waals surface area contributed by atoms with Crippen LogP contribution in [0.4, 0.5) is 0 Å². The van der Waals surface area contributed by atoms with Crippen LogP contribution in [0.15, 0.2) is 0 Å². The molecule has 1 heterocycles. The average Bonchev–Trinajstić information content (AvgIpc) is 1.76. The summed E-state index contributed by atoms with van der Waals surface area (Å²) in [5, 5.41) is 0. The average molecular weight is 281 g/mol. The van der Waals surface area contributed by atoms with E-state index in [0.29, 0.717) is 6.79 Å². The Labute approximate surface area is 57.0 Å². The molecule has 1 rings (SSSR count). The molecule has 0 atom stereocenters. The molecular weight excluding hydrogens is 275 g/mol. The van der Waals surface area contributed by atoms with Crippen LogP contribution in [0.3, 0.4) is 0 Å². The van der Waals surface area contributed by atoms with Gasteiger partial charge in [0.2, 0.25) is 0 Å². The van der Waals surface area contributed by atoms with Gasteiger partial charge < -0.3 is 9.47 Å². The van der Waals surface area contributed by atoms with Gasteiger partial charge in [0.15, 0.2) is 0 Å². The molecule has 1 aliphatic heterocycles. The number of rotatable bonds is 0. The molecule has 1 saturated heterocycles. The van der Waals surface area contributed by atoms with Gasteiger partial charge in [-0.2, -0.15) is 0 Å². The van der Waals surface area contributed by atoms with Gasteiger partial charge in [0.25, 0.3) is 0 Å². The Balaban J connectivity index is 0.000000250. The summed E-state index contributed by atoms with van der Waals surface area (Å²) in [7, 11) is 0. The third kappa shape index (κ3) is 2.09. The molecule has 0 bridgehead atoms. The molecule has 1 aliphatic rings. The summed E-state index contributed by atoms with van der Waals surface area (Å²) < 4.78 is 9.44. The Morgan fingerprint density at radius 2 is 1.50 bits per heavy atom. The second kappa shape index (κ2) is 4.01. The molecule has 0 amide bonds. The van der Waals surface area contributed by atoms with Crippen LogP contribution < -0.4 is 0 Å². The molecule has 6 heavy (non-hydrogen) atoms. The van der Waals surface area contributed by atoms with Gasteiger partial charge >= 0.3 is 0 Å². The van der Waals surface area contributed by atoms with E-state index in [0.717, 1.165) is 13.2 Å². The van der Waals surface area contributed by atoms with Crippen LogP contribution in [0.2, 0.25) is 0 Å². The SMILES string of the molecule is C1COCO1.[Pb]. The summed E-state index contributed by atoms with van der Waals surface area (Å²) in [6.07, 6.45) is 0. The van der Waals surface area contributed by atoms with E-state index in [-0.39, 0.29) is 27.3 Å². The molecule has 34 valence electrons. The molecule has 0 aromatic carbocycles. The fraction of sp³-hybridized carbons (Fsp3) is 1.00. The monoisotopic (exact) mass is 282 g/mol. The van der Waals surface area contributed by atoms with Crippen molar-refractivity contribution in [3.63, 3.8) is 0 Å². The molecular formula is C3H6O2Pb. The third-order valence-corrected chi connectivity index (χ3v) is 0.539. The van der Waals surface area contributed by atoms with Gasteiger partial charge in [-0.15, -0.1) is 0 Å². The first-order chi connectivity index (χ1) is 2.50. The van der Waals surface area contributed by atoms with E-state index in [4.69, 9.17) is 9.47 Å². The predicted molar refractivity (Wildman–Crippen MR) is 22.5 cm³/mol. The van der Waals surface area contributed by atoms with Crippen LogP contribution >= 0.6 is 0 Å². The number of ether oxygens (including phenoxy) is 2. The summed E-state index contributed by atoms with van der Waals surface area (Å²) in [6, 6.07) is 0. The van der Waals surface area contributed by atoms with E-state index in [1.54, 1.807) is 0 Å². The van der Waals surface area contributed by atoms with Gasteiger partial charge in [-0.1, -0.05) is 0 Å². The van der Waals surface area contributed by atoms with Gasteiger partial charge in [0.05, 0.1) is 13.2 Å². The Hall–Kier alpha value is 0.842. The van der Waals surface area contributed by atoms with E-state index in [1.807, 2.05) is 0 Å². The first-order valence-corrected chi connectivity index (χ1v) is 1.65. The maximum absolute atomic E-state index is 4.72. The molecule has 0 aliphatic carbocycles. The summed E-state index contributed by atoms with van der Waals surface area (Å²) in [6.45, 7) is 2.06. The molecule has 0 spiro atoms. The van der Waals surface area contributed by atoms with Crippen molar-refractivity contribution in [2.45, 2.75) is 0 Å². The Morgan fingerprint density at radius 3 is 1.67 bits per heavy atom. The summed E-state index contributed by atoms with van der Waals surface area (Å²) in [4.78, 5) is 0. The minimum Gasteiger partial charge on any atom is -0.353 e. The van der Waals surface area contributed by atoms with Gasteiger partial charge in [0, 0.05) is 27.3 Å². The third-order valence-electron chi connectivity index (χ3n) is 0.539. The maximum Gasteiger partial charge on any atom is 0.146 e. The van der Waals surface area contributed by atoms with Crippen LogP contribution in [-0.2, 0) is 9.47 Å². The molecule has 2 nitrogen and oxygen atoms in total. The fourth-order valence-corrected chi connectivity index (χ4v) is 0.295. The molecule has 0 aromatic rings. The maximum atomic E-state index is 4.72. The summed E-state index contributed by atoms with van der Waals surface area (Å²) in [5.74, 6) is 0. The van der Waals surface area contributed by atoms with Crippen LogP contribution in [0.1, 0.15) is 0 Å². The second-order valence-corrected chi connectivity index (χ2v) is 0.934. The van der Waals surface area contributed by atoms with Gasteiger partial charge in [-0.25, -0.2) is 0 Å². The van der Waals surface area contributed by atoms with Crippen molar-refractivity contribution in [3.8, 4) is 0 Å². The normalized spacial score (nSPS) is 20.0. The molecule has 0 aromatic heterocycles. The van der Waals surface area contributed by atoms with Crippen LogP contribution in [0, 0.1) is 0 Å². The summed E-state index contributed by atoms with van der Waals surface area (Å²) >= 11 is 0. The van der Waals surface area contributed by atoms with Crippen molar-refractivity contribution < 1.29 is 9.47 Å². The largest absolute Gasteiger partial charge is 0.353 e. The quantitative estimate of drug-likeness (QED) is 0.563.